The first-order valence-corrected chi connectivity index (χ1v) is 10.6. The van der Waals surface area contributed by atoms with E-state index >= 15 is 0 Å². The average Bonchev–Trinajstić information content (AvgIpc) is 2.65. The van der Waals surface area contributed by atoms with Gasteiger partial charge in [0.2, 0.25) is 5.91 Å². The molecule has 0 spiro atoms. The maximum absolute atomic E-state index is 13.6. The van der Waals surface area contributed by atoms with Crippen LogP contribution >= 0.6 is 0 Å². The third kappa shape index (κ3) is 3.84. The van der Waals surface area contributed by atoms with E-state index in [-0.39, 0.29) is 18.1 Å². The first kappa shape index (κ1) is 18.7. The van der Waals surface area contributed by atoms with Crippen LogP contribution < -0.4 is 0 Å². The molecule has 0 saturated carbocycles. The second kappa shape index (κ2) is 7.78. The van der Waals surface area contributed by atoms with Gasteiger partial charge in [-0.2, -0.15) is 0 Å². The summed E-state index contributed by atoms with van der Waals surface area (Å²) in [5.74, 6) is 0.216. The minimum absolute atomic E-state index is 0.0872. The predicted molar refractivity (Wildman–Crippen MR) is 103 cm³/mol. The molecule has 1 aromatic rings. The Morgan fingerprint density at radius 1 is 1.26 bits per heavy atom. The summed E-state index contributed by atoms with van der Waals surface area (Å²) in [4.78, 5) is 17.6. The highest BCUT2D eigenvalue weighted by Crippen LogP contribution is 2.40. The number of rotatable bonds is 4. The number of likely N-dealkylation sites (tertiary alicyclic amines) is 1. The van der Waals surface area contributed by atoms with Crippen molar-refractivity contribution in [1.82, 2.24) is 9.80 Å². The Morgan fingerprint density at radius 3 is 2.89 bits per heavy atom. The summed E-state index contributed by atoms with van der Waals surface area (Å²) in [6.07, 6.45) is 7.92. The lowest BCUT2D eigenvalue weighted by atomic mass is 9.74. The smallest absolute Gasteiger partial charge is 0.227 e. The molecule has 4 nitrogen and oxygen atoms in total. The Hall–Kier alpha value is -1.62. The van der Waals surface area contributed by atoms with Gasteiger partial charge in [-0.25, -0.2) is 4.39 Å². The summed E-state index contributed by atoms with van der Waals surface area (Å²) in [5.41, 5.74) is 0.633. The first-order chi connectivity index (χ1) is 13.0. The molecule has 1 amide bonds. The van der Waals surface area contributed by atoms with Gasteiger partial charge in [0.1, 0.15) is 0 Å². The fraction of sp³-hybridized carbons (Fsp3) is 0.682. The molecule has 2 bridgehead atoms. The number of carbonyl (C=O) groups excluding carboxylic acids is 1. The number of hydrogen-bond donors (Lipinski definition) is 1. The Kier molecular flexibility index (Phi) is 5.40. The van der Waals surface area contributed by atoms with E-state index in [0.717, 1.165) is 25.7 Å². The maximum atomic E-state index is 13.6. The first-order valence-electron chi connectivity index (χ1n) is 10.6. The lowest BCUT2D eigenvalue weighted by Gasteiger charge is -2.55. The van der Waals surface area contributed by atoms with Gasteiger partial charge in [-0.3, -0.25) is 9.69 Å². The Morgan fingerprint density at radius 2 is 2.11 bits per heavy atom. The number of aromatic hydroxyl groups is 1. The van der Waals surface area contributed by atoms with Crippen molar-refractivity contribution < 1.29 is 14.3 Å². The summed E-state index contributed by atoms with van der Waals surface area (Å²) >= 11 is 0. The van der Waals surface area contributed by atoms with Crippen molar-refractivity contribution in [2.24, 2.45) is 11.8 Å². The molecule has 0 aliphatic carbocycles. The summed E-state index contributed by atoms with van der Waals surface area (Å²) in [6, 6.07) is 5.61. The number of amides is 1. The van der Waals surface area contributed by atoms with E-state index in [9.17, 15) is 14.3 Å². The number of benzene rings is 1. The zero-order valence-corrected chi connectivity index (χ0v) is 16.2. The van der Waals surface area contributed by atoms with Crippen LogP contribution in [0.3, 0.4) is 0 Å². The van der Waals surface area contributed by atoms with Gasteiger partial charge in [-0.05, 0) is 55.2 Å². The summed E-state index contributed by atoms with van der Waals surface area (Å²) in [6.45, 7) is 5.08. The molecule has 3 heterocycles. The third-order valence-electron chi connectivity index (χ3n) is 6.86. The molecular weight excluding hydrogens is 343 g/mol. The summed E-state index contributed by atoms with van der Waals surface area (Å²) < 4.78 is 13.6. The van der Waals surface area contributed by atoms with Crippen molar-refractivity contribution >= 4 is 5.91 Å². The van der Waals surface area contributed by atoms with E-state index in [1.54, 1.807) is 6.07 Å². The van der Waals surface area contributed by atoms with Crippen LogP contribution in [0, 0.1) is 17.7 Å². The van der Waals surface area contributed by atoms with Gasteiger partial charge < -0.3 is 10.0 Å². The second-order valence-corrected chi connectivity index (χ2v) is 8.76. The number of phenols is 1. The van der Waals surface area contributed by atoms with Crippen molar-refractivity contribution in [2.75, 3.05) is 19.6 Å². The summed E-state index contributed by atoms with van der Waals surface area (Å²) in [5, 5.41) is 9.33. The molecule has 4 atom stereocenters. The van der Waals surface area contributed by atoms with Gasteiger partial charge in [-0.1, -0.05) is 25.8 Å². The third-order valence-corrected chi connectivity index (χ3v) is 6.86. The van der Waals surface area contributed by atoms with E-state index in [0.29, 0.717) is 23.4 Å². The molecule has 3 fully saturated rings. The van der Waals surface area contributed by atoms with Crippen LogP contribution in [0.25, 0.3) is 0 Å². The topological polar surface area (TPSA) is 43.8 Å². The van der Waals surface area contributed by atoms with Crippen LogP contribution in [-0.2, 0) is 11.2 Å². The van der Waals surface area contributed by atoms with E-state index in [4.69, 9.17) is 0 Å². The molecule has 1 N–H and O–H groups in total. The minimum atomic E-state index is -0.657. The number of carbonyl (C=O) groups is 1. The van der Waals surface area contributed by atoms with Gasteiger partial charge >= 0.3 is 0 Å². The Bertz CT molecular complexity index is 693. The molecule has 27 heavy (non-hydrogen) atoms. The molecule has 5 heteroatoms. The van der Waals surface area contributed by atoms with Crippen LogP contribution in [0.5, 0.6) is 5.75 Å². The maximum Gasteiger partial charge on any atom is 0.227 e. The van der Waals surface area contributed by atoms with Crippen LogP contribution in [-0.4, -0.2) is 52.5 Å². The molecule has 1 aromatic carbocycles. The number of halogens is 1. The molecular formula is C22H31FN2O2. The molecule has 0 radical (unpaired) electrons. The standard InChI is InChI=1S/C22H31FN2O2/c1-2-4-18-5-3-6-20-17-9-16(13-25(18)20)12-24(14-17)22(27)11-15-7-8-21(26)19(23)10-15/h7-8,10,16-18,20,26H,2-6,9,11-14H2,1H3/t16-,17+,18-,20-/m0/s1. The molecule has 3 aliphatic rings. The molecule has 0 aromatic heterocycles. The molecule has 0 unspecified atom stereocenters. The van der Waals surface area contributed by atoms with E-state index < -0.39 is 5.82 Å². The molecule has 3 aliphatic heterocycles. The van der Waals surface area contributed by atoms with Crippen molar-refractivity contribution in [3.8, 4) is 5.75 Å². The zero-order chi connectivity index (χ0) is 19.0. The summed E-state index contributed by atoms with van der Waals surface area (Å²) in [7, 11) is 0. The minimum Gasteiger partial charge on any atom is -0.505 e. The van der Waals surface area contributed by atoms with Crippen molar-refractivity contribution in [2.45, 2.75) is 64.0 Å². The lowest BCUT2D eigenvalue weighted by molar-refractivity contribution is -0.138. The number of hydrogen-bond acceptors (Lipinski definition) is 3. The van der Waals surface area contributed by atoms with Crippen molar-refractivity contribution in [3.05, 3.63) is 29.6 Å². The highest BCUT2D eigenvalue weighted by Gasteiger charge is 2.45. The fourth-order valence-corrected chi connectivity index (χ4v) is 5.71. The van der Waals surface area contributed by atoms with Gasteiger partial charge in [-0.15, -0.1) is 0 Å². The molecule has 4 rings (SSSR count). The van der Waals surface area contributed by atoms with Crippen LogP contribution in [0.15, 0.2) is 18.2 Å². The quantitative estimate of drug-likeness (QED) is 0.876. The van der Waals surface area contributed by atoms with E-state index in [1.807, 2.05) is 4.90 Å². The van der Waals surface area contributed by atoms with Crippen molar-refractivity contribution in [3.63, 3.8) is 0 Å². The highest BCUT2D eigenvalue weighted by atomic mass is 19.1. The SMILES string of the molecule is CCC[C@H]1CCC[C@H]2[C@@H]3C[C@@H](CN(C(=O)Cc4ccc(O)c(F)c4)C3)CN12. The molecule has 148 valence electrons. The largest absolute Gasteiger partial charge is 0.505 e. The average molecular weight is 375 g/mol. The lowest BCUT2D eigenvalue weighted by Crippen LogP contribution is -2.62. The monoisotopic (exact) mass is 374 g/mol. The molecule has 3 saturated heterocycles. The van der Waals surface area contributed by atoms with Crippen LogP contribution in [0.4, 0.5) is 4.39 Å². The van der Waals surface area contributed by atoms with Gasteiger partial charge in [0.15, 0.2) is 11.6 Å². The van der Waals surface area contributed by atoms with Gasteiger partial charge in [0, 0.05) is 31.7 Å². The number of piperidine rings is 3. The van der Waals surface area contributed by atoms with Gasteiger partial charge in [0.05, 0.1) is 6.42 Å². The van der Waals surface area contributed by atoms with Gasteiger partial charge in [0.25, 0.3) is 0 Å². The normalized spacial score (nSPS) is 30.8. The zero-order valence-electron chi connectivity index (χ0n) is 16.2. The Balaban J connectivity index is 1.42. The van der Waals surface area contributed by atoms with Crippen LogP contribution in [0.2, 0.25) is 0 Å². The number of phenolic OH excluding ortho intramolecular Hbond substituents is 1. The fourth-order valence-electron chi connectivity index (χ4n) is 5.71. The van der Waals surface area contributed by atoms with E-state index in [1.165, 1.54) is 50.7 Å². The van der Waals surface area contributed by atoms with Crippen molar-refractivity contribution in [1.29, 1.82) is 0 Å². The van der Waals surface area contributed by atoms with E-state index in [2.05, 4.69) is 11.8 Å². The second-order valence-electron chi connectivity index (χ2n) is 8.76. The number of fused-ring (bicyclic) bond motifs is 4. The Labute approximate surface area is 161 Å². The predicted octanol–water partition coefficient (Wildman–Crippen LogP) is 3.58. The van der Waals surface area contributed by atoms with Crippen LogP contribution in [0.1, 0.15) is 51.0 Å². The number of nitrogens with zero attached hydrogens (tertiary/aromatic N) is 2. The highest BCUT2D eigenvalue weighted by molar-refractivity contribution is 5.79.